The Kier molecular flexibility index (Phi) is 2.70. The lowest BCUT2D eigenvalue weighted by Gasteiger charge is -2.08. The van der Waals surface area contributed by atoms with Gasteiger partial charge >= 0.3 is 0 Å². The number of rotatable bonds is 1. The van der Waals surface area contributed by atoms with Crippen LogP contribution in [-0.4, -0.2) is 11.6 Å². The van der Waals surface area contributed by atoms with E-state index in [0.717, 1.165) is 16.8 Å². The summed E-state index contributed by atoms with van der Waals surface area (Å²) in [6.07, 6.45) is 0. The zero-order chi connectivity index (χ0) is 15.3. The second kappa shape index (κ2) is 4.60. The fourth-order valence-corrected chi connectivity index (χ4v) is 3.06. The maximum atomic E-state index is 13.3. The molecular formula is C19H11FO2. The van der Waals surface area contributed by atoms with Crippen LogP contribution in [0.5, 0.6) is 0 Å². The summed E-state index contributed by atoms with van der Waals surface area (Å²) >= 11 is 0. The van der Waals surface area contributed by atoms with Gasteiger partial charge in [-0.2, -0.15) is 0 Å². The Labute approximate surface area is 126 Å². The first-order chi connectivity index (χ1) is 10.6. The molecule has 1 aliphatic rings. The van der Waals surface area contributed by atoms with E-state index in [4.69, 9.17) is 0 Å². The van der Waals surface area contributed by atoms with Crippen molar-refractivity contribution in [3.05, 3.63) is 83.2 Å². The van der Waals surface area contributed by atoms with Gasteiger partial charge in [-0.05, 0) is 40.6 Å². The minimum Gasteiger partial charge on any atom is -0.293 e. The fourth-order valence-electron chi connectivity index (χ4n) is 3.06. The Morgan fingerprint density at radius 2 is 1.45 bits per heavy atom. The van der Waals surface area contributed by atoms with Gasteiger partial charge in [-0.25, -0.2) is 4.39 Å². The topological polar surface area (TPSA) is 34.1 Å². The SMILES string of the molecule is O=C1c2ccc(F)cc2C(=O)C1c1ccc2ccccc2c1. The number of halogens is 1. The van der Waals surface area contributed by atoms with E-state index >= 15 is 0 Å². The highest BCUT2D eigenvalue weighted by Crippen LogP contribution is 2.35. The van der Waals surface area contributed by atoms with Gasteiger partial charge in [0.1, 0.15) is 11.7 Å². The normalized spacial score (nSPS) is 17.0. The molecule has 0 amide bonds. The summed E-state index contributed by atoms with van der Waals surface area (Å²) in [5.41, 5.74) is 1.15. The molecule has 0 fully saturated rings. The lowest BCUT2D eigenvalue weighted by Crippen LogP contribution is -2.12. The second-order valence-electron chi connectivity index (χ2n) is 5.46. The van der Waals surface area contributed by atoms with E-state index in [-0.39, 0.29) is 17.1 Å². The number of fused-ring (bicyclic) bond motifs is 2. The van der Waals surface area contributed by atoms with Crippen LogP contribution in [0.1, 0.15) is 32.2 Å². The molecule has 2 nitrogen and oxygen atoms in total. The van der Waals surface area contributed by atoms with Gasteiger partial charge in [0, 0.05) is 11.1 Å². The number of Topliss-reactive ketones (excluding diaryl/α,β-unsaturated/α-hetero) is 2. The average Bonchev–Trinajstić information content (AvgIpc) is 2.78. The van der Waals surface area contributed by atoms with Crippen LogP contribution in [0, 0.1) is 5.82 Å². The first-order valence-corrected chi connectivity index (χ1v) is 7.02. The van der Waals surface area contributed by atoms with Gasteiger partial charge in [0.15, 0.2) is 11.6 Å². The molecule has 0 saturated heterocycles. The third kappa shape index (κ3) is 1.79. The maximum absolute atomic E-state index is 13.3. The molecule has 22 heavy (non-hydrogen) atoms. The van der Waals surface area contributed by atoms with Gasteiger partial charge in [0.05, 0.1) is 0 Å². The van der Waals surface area contributed by atoms with Crippen LogP contribution in [-0.2, 0) is 0 Å². The van der Waals surface area contributed by atoms with Crippen LogP contribution in [0.4, 0.5) is 4.39 Å². The van der Waals surface area contributed by atoms with Crippen molar-refractivity contribution < 1.29 is 14.0 Å². The van der Waals surface area contributed by atoms with Gasteiger partial charge < -0.3 is 0 Å². The molecule has 0 N–H and O–H groups in total. The molecule has 0 radical (unpaired) electrons. The van der Waals surface area contributed by atoms with E-state index < -0.39 is 11.7 Å². The first kappa shape index (κ1) is 12.9. The smallest absolute Gasteiger partial charge is 0.178 e. The van der Waals surface area contributed by atoms with Crippen molar-refractivity contribution in [2.75, 3.05) is 0 Å². The monoisotopic (exact) mass is 290 g/mol. The molecule has 0 aromatic heterocycles. The zero-order valence-electron chi connectivity index (χ0n) is 11.5. The quantitative estimate of drug-likeness (QED) is 0.631. The Morgan fingerprint density at radius 3 is 2.27 bits per heavy atom. The minimum atomic E-state index is -0.860. The largest absolute Gasteiger partial charge is 0.293 e. The van der Waals surface area contributed by atoms with Crippen molar-refractivity contribution in [3.63, 3.8) is 0 Å². The number of hydrogen-bond acceptors (Lipinski definition) is 2. The van der Waals surface area contributed by atoms with Gasteiger partial charge in [-0.15, -0.1) is 0 Å². The van der Waals surface area contributed by atoms with Gasteiger partial charge in [-0.1, -0.05) is 36.4 Å². The molecule has 0 bridgehead atoms. The molecule has 0 aliphatic heterocycles. The number of ketones is 2. The molecule has 3 heteroatoms. The van der Waals surface area contributed by atoms with E-state index in [1.165, 1.54) is 12.1 Å². The van der Waals surface area contributed by atoms with Crippen molar-refractivity contribution in [1.82, 2.24) is 0 Å². The highest BCUT2D eigenvalue weighted by atomic mass is 19.1. The first-order valence-electron chi connectivity index (χ1n) is 7.02. The lowest BCUT2D eigenvalue weighted by atomic mass is 9.92. The maximum Gasteiger partial charge on any atom is 0.178 e. The van der Waals surface area contributed by atoms with E-state index in [0.29, 0.717) is 11.1 Å². The van der Waals surface area contributed by atoms with E-state index in [1.54, 1.807) is 6.07 Å². The summed E-state index contributed by atoms with van der Waals surface area (Å²) in [6, 6.07) is 17.1. The highest BCUT2D eigenvalue weighted by Gasteiger charge is 2.39. The van der Waals surface area contributed by atoms with Gasteiger partial charge in [-0.3, -0.25) is 9.59 Å². The zero-order valence-corrected chi connectivity index (χ0v) is 11.5. The molecule has 4 rings (SSSR count). The highest BCUT2D eigenvalue weighted by molar-refractivity contribution is 6.29. The summed E-state index contributed by atoms with van der Waals surface area (Å²) in [5, 5.41) is 2.02. The number of carbonyl (C=O) groups is 2. The van der Waals surface area contributed by atoms with Crippen molar-refractivity contribution in [3.8, 4) is 0 Å². The van der Waals surface area contributed by atoms with Gasteiger partial charge in [0.25, 0.3) is 0 Å². The Morgan fingerprint density at radius 1 is 0.727 bits per heavy atom. The summed E-state index contributed by atoms with van der Waals surface area (Å²) in [5.74, 6) is -1.94. The van der Waals surface area contributed by atoms with Crippen LogP contribution >= 0.6 is 0 Å². The molecular weight excluding hydrogens is 279 g/mol. The van der Waals surface area contributed by atoms with Crippen LogP contribution in [0.3, 0.4) is 0 Å². The summed E-state index contributed by atoms with van der Waals surface area (Å²) in [4.78, 5) is 25.0. The molecule has 1 aliphatic carbocycles. The van der Waals surface area contributed by atoms with Gasteiger partial charge in [0.2, 0.25) is 0 Å². The average molecular weight is 290 g/mol. The molecule has 1 atom stereocenters. The number of benzene rings is 3. The molecule has 106 valence electrons. The minimum absolute atomic E-state index is 0.183. The molecule has 3 aromatic carbocycles. The molecule has 3 aromatic rings. The Balaban J connectivity index is 1.86. The van der Waals surface area contributed by atoms with Crippen molar-refractivity contribution in [2.24, 2.45) is 0 Å². The fraction of sp³-hybridized carbons (Fsp3) is 0.0526. The van der Waals surface area contributed by atoms with Crippen molar-refractivity contribution in [2.45, 2.75) is 5.92 Å². The van der Waals surface area contributed by atoms with E-state index in [1.807, 2.05) is 36.4 Å². The Hall–Kier alpha value is -2.81. The molecule has 0 spiro atoms. The second-order valence-corrected chi connectivity index (χ2v) is 5.46. The van der Waals surface area contributed by atoms with E-state index in [9.17, 15) is 14.0 Å². The van der Waals surface area contributed by atoms with Crippen LogP contribution < -0.4 is 0 Å². The summed E-state index contributed by atoms with van der Waals surface area (Å²) in [6.45, 7) is 0. The van der Waals surface area contributed by atoms with Crippen LogP contribution in [0.2, 0.25) is 0 Å². The third-order valence-corrected chi connectivity index (χ3v) is 4.14. The standard InChI is InChI=1S/C19H11FO2/c20-14-7-8-15-16(10-14)19(22)17(18(15)21)13-6-5-11-3-1-2-4-12(11)9-13/h1-10,17H. The van der Waals surface area contributed by atoms with Crippen LogP contribution in [0.25, 0.3) is 10.8 Å². The number of carbonyl (C=O) groups excluding carboxylic acids is 2. The Bertz CT molecular complexity index is 943. The third-order valence-electron chi connectivity index (χ3n) is 4.14. The molecule has 0 heterocycles. The molecule has 0 saturated carbocycles. The van der Waals surface area contributed by atoms with E-state index in [2.05, 4.69) is 0 Å². The summed E-state index contributed by atoms with van der Waals surface area (Å²) < 4.78 is 13.3. The predicted octanol–water partition coefficient (Wildman–Crippen LogP) is 4.14. The van der Waals surface area contributed by atoms with Crippen LogP contribution in [0.15, 0.2) is 60.7 Å². The summed E-state index contributed by atoms with van der Waals surface area (Å²) in [7, 11) is 0. The molecule has 1 unspecified atom stereocenters. The lowest BCUT2D eigenvalue weighted by molar-refractivity contribution is 0.0890. The van der Waals surface area contributed by atoms with Crippen molar-refractivity contribution >= 4 is 22.3 Å². The predicted molar refractivity (Wildman–Crippen MR) is 81.8 cm³/mol. The number of hydrogen-bond donors (Lipinski definition) is 0. The van der Waals surface area contributed by atoms with Crippen molar-refractivity contribution in [1.29, 1.82) is 0 Å².